The Kier molecular flexibility index (Phi) is 6.84. The van der Waals surface area contributed by atoms with Gasteiger partial charge in [0.25, 0.3) is 5.91 Å². The Balaban J connectivity index is 1.73. The van der Waals surface area contributed by atoms with Gasteiger partial charge in [-0.15, -0.1) is 0 Å². The van der Waals surface area contributed by atoms with Crippen LogP contribution in [0.5, 0.6) is 5.75 Å². The summed E-state index contributed by atoms with van der Waals surface area (Å²) in [5.74, 6) is -1.97. The molecule has 0 spiro atoms. The molecule has 0 aliphatic heterocycles. The summed E-state index contributed by atoms with van der Waals surface area (Å²) in [4.78, 5) is 35.5. The largest absolute Gasteiger partial charge is 0.478 e. The fourth-order valence-electron chi connectivity index (χ4n) is 2.08. The Labute approximate surface area is 150 Å². The SMILES string of the molecule is CC(Oc1ccccc1F)C(=O)NNC(=O)CCC(=O)c1ccccc1. The van der Waals surface area contributed by atoms with Gasteiger partial charge >= 0.3 is 0 Å². The Bertz CT molecular complexity index is 780. The second-order valence-corrected chi connectivity index (χ2v) is 5.52. The number of carbonyl (C=O) groups is 3. The maximum atomic E-state index is 13.5. The number of rotatable bonds is 7. The van der Waals surface area contributed by atoms with Crippen LogP contribution in [0.15, 0.2) is 54.6 Å². The van der Waals surface area contributed by atoms with Gasteiger partial charge < -0.3 is 4.74 Å². The molecule has 0 fully saturated rings. The molecule has 0 saturated carbocycles. The van der Waals surface area contributed by atoms with Gasteiger partial charge in [0.2, 0.25) is 5.91 Å². The van der Waals surface area contributed by atoms with E-state index in [1.807, 2.05) is 0 Å². The number of ether oxygens (including phenoxy) is 1. The number of hydrazine groups is 1. The molecule has 0 aliphatic carbocycles. The van der Waals surface area contributed by atoms with Gasteiger partial charge in [-0.3, -0.25) is 25.2 Å². The Hall–Kier alpha value is -3.22. The van der Waals surface area contributed by atoms with Crippen molar-refractivity contribution in [2.24, 2.45) is 0 Å². The van der Waals surface area contributed by atoms with Crippen molar-refractivity contribution in [2.75, 3.05) is 0 Å². The summed E-state index contributed by atoms with van der Waals surface area (Å²) in [6.45, 7) is 1.42. The summed E-state index contributed by atoms with van der Waals surface area (Å²) in [5, 5.41) is 0. The first-order valence-electron chi connectivity index (χ1n) is 8.05. The highest BCUT2D eigenvalue weighted by Crippen LogP contribution is 2.16. The molecule has 0 heterocycles. The van der Waals surface area contributed by atoms with Gasteiger partial charge in [0, 0.05) is 18.4 Å². The standard InChI is InChI=1S/C19H19FN2O4/c1-13(26-17-10-6-5-9-15(17)20)19(25)22-21-18(24)12-11-16(23)14-7-3-2-4-8-14/h2-10,13H,11-12H2,1H3,(H,21,24)(H,22,25). The van der Waals surface area contributed by atoms with Crippen LogP contribution >= 0.6 is 0 Å². The van der Waals surface area contributed by atoms with E-state index in [-0.39, 0.29) is 24.4 Å². The lowest BCUT2D eigenvalue weighted by molar-refractivity contribution is -0.132. The van der Waals surface area contributed by atoms with Crippen molar-refractivity contribution in [3.63, 3.8) is 0 Å². The number of para-hydroxylation sites is 1. The van der Waals surface area contributed by atoms with Crippen LogP contribution in [-0.4, -0.2) is 23.7 Å². The number of nitrogens with one attached hydrogen (secondary N) is 2. The minimum Gasteiger partial charge on any atom is -0.478 e. The molecule has 26 heavy (non-hydrogen) atoms. The molecule has 0 saturated heterocycles. The summed E-state index contributed by atoms with van der Waals surface area (Å²) in [5.41, 5.74) is 4.92. The Morgan fingerprint density at radius 1 is 0.962 bits per heavy atom. The molecule has 2 rings (SSSR count). The maximum Gasteiger partial charge on any atom is 0.279 e. The van der Waals surface area contributed by atoms with Crippen LogP contribution in [0.25, 0.3) is 0 Å². The van der Waals surface area contributed by atoms with Crippen LogP contribution in [0.4, 0.5) is 4.39 Å². The van der Waals surface area contributed by atoms with Crippen LogP contribution in [0.2, 0.25) is 0 Å². The topological polar surface area (TPSA) is 84.5 Å². The number of benzene rings is 2. The van der Waals surface area contributed by atoms with Crippen LogP contribution in [0.3, 0.4) is 0 Å². The van der Waals surface area contributed by atoms with E-state index in [1.165, 1.54) is 25.1 Å². The molecule has 0 aromatic heterocycles. The van der Waals surface area contributed by atoms with Crippen LogP contribution in [0, 0.1) is 5.82 Å². The summed E-state index contributed by atoms with van der Waals surface area (Å²) in [7, 11) is 0. The lowest BCUT2D eigenvalue weighted by Gasteiger charge is -2.15. The van der Waals surface area contributed by atoms with Gasteiger partial charge in [-0.25, -0.2) is 4.39 Å². The van der Waals surface area contributed by atoms with Crippen molar-refractivity contribution < 1.29 is 23.5 Å². The van der Waals surface area contributed by atoms with Crippen LogP contribution < -0.4 is 15.6 Å². The third kappa shape index (κ3) is 5.70. The Morgan fingerprint density at radius 2 is 1.62 bits per heavy atom. The molecule has 0 bridgehead atoms. The molecule has 136 valence electrons. The zero-order chi connectivity index (χ0) is 18.9. The fourth-order valence-corrected chi connectivity index (χ4v) is 2.08. The predicted octanol–water partition coefficient (Wildman–Crippen LogP) is 2.40. The van der Waals surface area contributed by atoms with Crippen molar-refractivity contribution in [1.82, 2.24) is 10.9 Å². The number of hydrogen-bond donors (Lipinski definition) is 2. The lowest BCUT2D eigenvalue weighted by Crippen LogP contribution is -2.47. The first kappa shape index (κ1) is 19.1. The highest BCUT2D eigenvalue weighted by atomic mass is 19.1. The molecule has 2 amide bonds. The number of carbonyl (C=O) groups excluding carboxylic acids is 3. The normalized spacial score (nSPS) is 11.3. The summed E-state index contributed by atoms with van der Waals surface area (Å²) < 4.78 is 18.7. The van der Waals surface area contributed by atoms with Gasteiger partial charge in [0.05, 0.1) is 0 Å². The van der Waals surface area contributed by atoms with Crippen molar-refractivity contribution in [2.45, 2.75) is 25.9 Å². The molecular weight excluding hydrogens is 339 g/mol. The van der Waals surface area contributed by atoms with Gasteiger partial charge in [-0.05, 0) is 19.1 Å². The number of Topliss-reactive ketones (excluding diaryl/α,β-unsaturated/α-hetero) is 1. The monoisotopic (exact) mass is 358 g/mol. The zero-order valence-corrected chi connectivity index (χ0v) is 14.2. The van der Waals surface area contributed by atoms with E-state index < -0.39 is 23.7 Å². The second kappa shape index (κ2) is 9.31. The van der Waals surface area contributed by atoms with Gasteiger partial charge in [0.1, 0.15) is 0 Å². The smallest absolute Gasteiger partial charge is 0.279 e. The number of amides is 2. The third-order valence-electron chi connectivity index (χ3n) is 3.51. The minimum absolute atomic E-state index is 0.0208. The number of hydrogen-bond acceptors (Lipinski definition) is 4. The molecule has 1 unspecified atom stereocenters. The average molecular weight is 358 g/mol. The van der Waals surface area contributed by atoms with Gasteiger partial charge in [-0.1, -0.05) is 42.5 Å². The van der Waals surface area contributed by atoms with Crippen molar-refractivity contribution in [1.29, 1.82) is 0 Å². The summed E-state index contributed by atoms with van der Waals surface area (Å²) in [6, 6.07) is 14.3. The third-order valence-corrected chi connectivity index (χ3v) is 3.51. The molecule has 6 nitrogen and oxygen atoms in total. The zero-order valence-electron chi connectivity index (χ0n) is 14.2. The van der Waals surface area contributed by atoms with Crippen LogP contribution in [0.1, 0.15) is 30.1 Å². The molecule has 7 heteroatoms. The first-order valence-corrected chi connectivity index (χ1v) is 8.05. The fraction of sp³-hybridized carbons (Fsp3) is 0.211. The number of ketones is 1. The minimum atomic E-state index is -1.02. The summed E-state index contributed by atoms with van der Waals surface area (Å²) in [6.07, 6.45) is -1.07. The first-order chi connectivity index (χ1) is 12.5. The van der Waals surface area contributed by atoms with Gasteiger partial charge in [-0.2, -0.15) is 0 Å². The molecular formula is C19H19FN2O4. The van der Waals surface area contributed by atoms with Gasteiger partial charge in [0.15, 0.2) is 23.5 Å². The molecule has 1 atom stereocenters. The lowest BCUT2D eigenvalue weighted by atomic mass is 10.1. The molecule has 2 N–H and O–H groups in total. The van der Waals surface area contributed by atoms with Crippen molar-refractivity contribution in [3.05, 3.63) is 66.0 Å². The van der Waals surface area contributed by atoms with Crippen molar-refractivity contribution >= 4 is 17.6 Å². The van der Waals surface area contributed by atoms with E-state index in [9.17, 15) is 18.8 Å². The van der Waals surface area contributed by atoms with Crippen molar-refractivity contribution in [3.8, 4) is 5.75 Å². The highest BCUT2D eigenvalue weighted by Gasteiger charge is 2.17. The second-order valence-electron chi connectivity index (χ2n) is 5.52. The van der Waals surface area contributed by atoms with E-state index in [1.54, 1.807) is 36.4 Å². The molecule has 2 aromatic rings. The van der Waals surface area contributed by atoms with E-state index in [2.05, 4.69) is 10.9 Å². The molecule has 2 aromatic carbocycles. The average Bonchev–Trinajstić information content (AvgIpc) is 2.66. The van der Waals surface area contributed by atoms with E-state index in [0.29, 0.717) is 5.56 Å². The number of halogens is 1. The van der Waals surface area contributed by atoms with E-state index in [4.69, 9.17) is 4.74 Å². The van der Waals surface area contributed by atoms with Crippen LogP contribution in [-0.2, 0) is 9.59 Å². The summed E-state index contributed by atoms with van der Waals surface area (Å²) >= 11 is 0. The maximum absolute atomic E-state index is 13.5. The quantitative estimate of drug-likeness (QED) is 0.588. The Morgan fingerprint density at radius 3 is 2.31 bits per heavy atom. The van der Waals surface area contributed by atoms with E-state index >= 15 is 0 Å². The molecule has 0 aliphatic rings. The molecule has 0 radical (unpaired) electrons. The highest BCUT2D eigenvalue weighted by molar-refractivity contribution is 5.98. The van der Waals surface area contributed by atoms with E-state index in [0.717, 1.165) is 0 Å². The predicted molar refractivity (Wildman–Crippen MR) is 92.8 cm³/mol.